The average molecular weight is 238 g/mol. The number of nitrogens with zero attached hydrogens (tertiary/aromatic N) is 1. The third-order valence-corrected chi connectivity index (χ3v) is 4.97. The summed E-state index contributed by atoms with van der Waals surface area (Å²) in [5.74, 6) is 0. The van der Waals surface area contributed by atoms with Gasteiger partial charge in [0.25, 0.3) is 0 Å². The molecule has 2 unspecified atom stereocenters. The van der Waals surface area contributed by atoms with Gasteiger partial charge < -0.3 is 5.32 Å². The summed E-state index contributed by atoms with van der Waals surface area (Å²) in [6, 6.07) is 1.62. The van der Waals surface area contributed by atoms with Crippen LogP contribution in [0.25, 0.3) is 0 Å². The summed E-state index contributed by atoms with van der Waals surface area (Å²) in [4.78, 5) is 2.69. The first-order chi connectivity index (χ1) is 8.08. The summed E-state index contributed by atoms with van der Waals surface area (Å²) in [5, 5.41) is 3.55. The molecular weight excluding hydrogens is 208 g/mol. The maximum Gasteiger partial charge on any atom is 0.0220 e. The van der Waals surface area contributed by atoms with Gasteiger partial charge in [-0.05, 0) is 57.5 Å². The second-order valence-electron chi connectivity index (χ2n) is 6.91. The smallest absolute Gasteiger partial charge is 0.0220 e. The fourth-order valence-corrected chi connectivity index (χ4v) is 3.53. The van der Waals surface area contributed by atoms with E-state index in [0.717, 1.165) is 12.1 Å². The van der Waals surface area contributed by atoms with Gasteiger partial charge in [0.15, 0.2) is 0 Å². The number of nitrogens with one attached hydrogen (secondary N) is 1. The van der Waals surface area contributed by atoms with E-state index in [1.54, 1.807) is 0 Å². The molecular formula is C15H30N2. The highest BCUT2D eigenvalue weighted by Crippen LogP contribution is 2.35. The lowest BCUT2D eigenvalue weighted by Gasteiger charge is -2.37. The van der Waals surface area contributed by atoms with E-state index in [1.165, 1.54) is 58.0 Å². The summed E-state index contributed by atoms with van der Waals surface area (Å²) < 4.78 is 0. The summed E-state index contributed by atoms with van der Waals surface area (Å²) in [6.07, 6.45) is 9.80. The van der Waals surface area contributed by atoms with Gasteiger partial charge in [-0.25, -0.2) is 0 Å². The summed E-state index contributed by atoms with van der Waals surface area (Å²) in [5.41, 5.74) is 0.584. The van der Waals surface area contributed by atoms with Gasteiger partial charge in [0, 0.05) is 18.6 Å². The Morgan fingerprint density at radius 1 is 1.00 bits per heavy atom. The normalized spacial score (nSPS) is 34.6. The van der Waals surface area contributed by atoms with Gasteiger partial charge in [0.05, 0.1) is 0 Å². The van der Waals surface area contributed by atoms with Gasteiger partial charge >= 0.3 is 0 Å². The summed E-state index contributed by atoms with van der Waals surface area (Å²) >= 11 is 0. The van der Waals surface area contributed by atoms with Crippen LogP contribution in [0.5, 0.6) is 0 Å². The minimum absolute atomic E-state index is 0.584. The zero-order chi connectivity index (χ0) is 12.3. The van der Waals surface area contributed by atoms with E-state index in [4.69, 9.17) is 0 Å². The molecule has 1 aliphatic heterocycles. The van der Waals surface area contributed by atoms with Crippen molar-refractivity contribution in [3.63, 3.8) is 0 Å². The molecule has 2 aliphatic rings. The van der Waals surface area contributed by atoms with Crippen LogP contribution in [0.1, 0.15) is 58.8 Å². The lowest BCUT2D eigenvalue weighted by Crippen LogP contribution is -2.48. The molecule has 1 saturated heterocycles. The molecule has 1 aliphatic carbocycles. The van der Waals surface area contributed by atoms with Gasteiger partial charge in [0.2, 0.25) is 0 Å². The largest absolute Gasteiger partial charge is 0.315 e. The molecule has 0 bridgehead atoms. The van der Waals surface area contributed by atoms with E-state index in [0.29, 0.717) is 5.41 Å². The van der Waals surface area contributed by atoms with Crippen LogP contribution in [0, 0.1) is 5.41 Å². The van der Waals surface area contributed by atoms with Crippen molar-refractivity contribution in [3.05, 3.63) is 0 Å². The van der Waals surface area contributed by atoms with E-state index in [2.05, 4.69) is 31.1 Å². The minimum Gasteiger partial charge on any atom is -0.315 e. The highest BCUT2D eigenvalue weighted by Gasteiger charge is 2.29. The monoisotopic (exact) mass is 238 g/mol. The number of hydrogen-bond acceptors (Lipinski definition) is 2. The zero-order valence-corrected chi connectivity index (χ0v) is 12.0. The maximum absolute atomic E-state index is 3.55. The molecule has 0 aromatic carbocycles. The third kappa shape index (κ3) is 3.69. The molecule has 2 atom stereocenters. The van der Waals surface area contributed by atoms with Crippen molar-refractivity contribution < 1.29 is 0 Å². The molecule has 2 fully saturated rings. The Morgan fingerprint density at radius 3 is 2.47 bits per heavy atom. The van der Waals surface area contributed by atoms with E-state index in [-0.39, 0.29) is 0 Å². The Hall–Kier alpha value is -0.0800. The van der Waals surface area contributed by atoms with Gasteiger partial charge in [-0.1, -0.05) is 20.3 Å². The van der Waals surface area contributed by atoms with Crippen LogP contribution in [0.15, 0.2) is 0 Å². The topological polar surface area (TPSA) is 15.3 Å². The fraction of sp³-hybridized carbons (Fsp3) is 1.00. The molecule has 2 rings (SSSR count). The highest BCUT2D eigenvalue weighted by molar-refractivity contribution is 4.85. The lowest BCUT2D eigenvalue weighted by atomic mass is 9.85. The SMILES string of the molecule is CN(C1CCCC(C)(C)CC1)C1CCCNC1. The van der Waals surface area contributed by atoms with E-state index >= 15 is 0 Å². The first kappa shape index (κ1) is 13.4. The molecule has 1 heterocycles. The second-order valence-corrected chi connectivity index (χ2v) is 6.91. The minimum atomic E-state index is 0.584. The van der Waals surface area contributed by atoms with Crippen LogP contribution >= 0.6 is 0 Å². The predicted octanol–water partition coefficient (Wildman–Crippen LogP) is 3.03. The molecule has 17 heavy (non-hydrogen) atoms. The first-order valence-electron chi connectivity index (χ1n) is 7.51. The van der Waals surface area contributed by atoms with Gasteiger partial charge in [-0.15, -0.1) is 0 Å². The van der Waals surface area contributed by atoms with Crippen LogP contribution in [0.4, 0.5) is 0 Å². The molecule has 0 spiro atoms. The van der Waals surface area contributed by atoms with E-state index in [1.807, 2.05) is 0 Å². The summed E-state index contributed by atoms with van der Waals surface area (Å²) in [7, 11) is 2.36. The average Bonchev–Trinajstić information content (AvgIpc) is 2.50. The summed E-state index contributed by atoms with van der Waals surface area (Å²) in [6.45, 7) is 7.31. The van der Waals surface area contributed by atoms with E-state index < -0.39 is 0 Å². The van der Waals surface area contributed by atoms with Crippen molar-refractivity contribution in [1.29, 1.82) is 0 Å². The van der Waals surface area contributed by atoms with Crippen molar-refractivity contribution in [2.45, 2.75) is 70.9 Å². The Kier molecular flexibility index (Phi) is 4.48. The fourth-order valence-electron chi connectivity index (χ4n) is 3.53. The van der Waals surface area contributed by atoms with Gasteiger partial charge in [-0.2, -0.15) is 0 Å². The molecule has 0 radical (unpaired) electrons. The number of likely N-dealkylation sites (N-methyl/N-ethyl adjacent to an activating group) is 1. The zero-order valence-electron chi connectivity index (χ0n) is 12.0. The number of rotatable bonds is 2. The number of hydrogen-bond donors (Lipinski definition) is 1. The third-order valence-electron chi connectivity index (χ3n) is 4.97. The molecule has 2 nitrogen and oxygen atoms in total. The molecule has 1 saturated carbocycles. The molecule has 0 aromatic heterocycles. The van der Waals surface area contributed by atoms with Crippen molar-refractivity contribution >= 4 is 0 Å². The highest BCUT2D eigenvalue weighted by atomic mass is 15.2. The van der Waals surface area contributed by atoms with Gasteiger partial charge in [-0.3, -0.25) is 4.90 Å². The van der Waals surface area contributed by atoms with Crippen molar-refractivity contribution in [3.8, 4) is 0 Å². The van der Waals surface area contributed by atoms with Crippen LogP contribution in [-0.2, 0) is 0 Å². The predicted molar refractivity (Wildman–Crippen MR) is 74.3 cm³/mol. The Labute approximate surface area is 107 Å². The Bertz CT molecular complexity index is 231. The molecule has 0 amide bonds. The Balaban J connectivity index is 1.88. The van der Waals surface area contributed by atoms with Crippen LogP contribution in [0.2, 0.25) is 0 Å². The maximum atomic E-state index is 3.55. The second kappa shape index (κ2) is 5.71. The van der Waals surface area contributed by atoms with Crippen LogP contribution in [0.3, 0.4) is 0 Å². The molecule has 1 N–H and O–H groups in total. The Morgan fingerprint density at radius 2 is 1.76 bits per heavy atom. The molecule has 100 valence electrons. The van der Waals surface area contributed by atoms with Gasteiger partial charge in [0.1, 0.15) is 0 Å². The first-order valence-corrected chi connectivity index (χ1v) is 7.51. The van der Waals surface area contributed by atoms with Crippen molar-refractivity contribution in [2.24, 2.45) is 5.41 Å². The molecule has 2 heteroatoms. The van der Waals surface area contributed by atoms with Crippen molar-refractivity contribution in [2.75, 3.05) is 20.1 Å². The standard InChI is InChI=1S/C15H30N2/c1-15(2)9-4-6-13(8-10-15)17(3)14-7-5-11-16-12-14/h13-14,16H,4-12H2,1-3H3. The quantitative estimate of drug-likeness (QED) is 0.744. The molecule has 0 aromatic rings. The van der Waals surface area contributed by atoms with Crippen LogP contribution in [-0.4, -0.2) is 37.1 Å². The van der Waals surface area contributed by atoms with Crippen molar-refractivity contribution in [1.82, 2.24) is 10.2 Å². The van der Waals surface area contributed by atoms with E-state index in [9.17, 15) is 0 Å². The lowest BCUT2D eigenvalue weighted by molar-refractivity contribution is 0.132. The van der Waals surface area contributed by atoms with Crippen LogP contribution < -0.4 is 5.32 Å². The number of piperidine rings is 1.